The molecule has 3 fully saturated rings. The Morgan fingerprint density at radius 2 is 0.639 bits per heavy atom. The van der Waals surface area contributed by atoms with Gasteiger partial charge in [-0.05, 0) is 19.3 Å². The minimum absolute atomic E-state index is 0.250. The smallest absolute Gasteiger partial charge is 0.220 e. The van der Waals surface area contributed by atoms with E-state index in [9.17, 15) is 61.0 Å². The van der Waals surface area contributed by atoms with E-state index in [-0.39, 0.29) is 18.9 Å². The third-order valence-electron chi connectivity index (χ3n) is 20.6. The van der Waals surface area contributed by atoms with E-state index < -0.39 is 124 Å². The highest BCUT2D eigenvalue weighted by atomic mass is 16.8. The van der Waals surface area contributed by atoms with Crippen LogP contribution in [0.2, 0.25) is 0 Å². The van der Waals surface area contributed by atoms with Gasteiger partial charge in [0.25, 0.3) is 0 Å². The largest absolute Gasteiger partial charge is 0.394 e. The molecule has 12 N–H and O–H groups in total. The van der Waals surface area contributed by atoms with Crippen molar-refractivity contribution in [2.45, 2.75) is 452 Å². The fourth-order valence-electron chi connectivity index (χ4n) is 14.1. The Hall–Kier alpha value is -1.47. The number of amides is 1. The number of carbonyl (C=O) groups excluding carboxylic acids is 1. The van der Waals surface area contributed by atoms with Crippen LogP contribution in [0.3, 0.4) is 0 Å². The molecule has 0 bridgehead atoms. The Labute approximate surface area is 588 Å². The van der Waals surface area contributed by atoms with Crippen LogP contribution in [0.4, 0.5) is 0 Å². The van der Waals surface area contributed by atoms with Gasteiger partial charge in [-0.2, -0.15) is 0 Å². The van der Waals surface area contributed by atoms with E-state index >= 15 is 0 Å². The fourth-order valence-corrected chi connectivity index (χ4v) is 14.1. The highest BCUT2D eigenvalue weighted by Crippen LogP contribution is 2.33. The maximum atomic E-state index is 13.5. The number of hydrogen-bond donors (Lipinski definition) is 12. The first kappa shape index (κ1) is 89.7. The van der Waals surface area contributed by atoms with Crippen molar-refractivity contribution in [3.05, 3.63) is 12.2 Å². The van der Waals surface area contributed by atoms with Crippen molar-refractivity contribution in [3.63, 3.8) is 0 Å². The maximum Gasteiger partial charge on any atom is 0.220 e. The number of ether oxygens (including phenoxy) is 6. The second-order valence-corrected chi connectivity index (χ2v) is 29.2. The second-order valence-electron chi connectivity index (χ2n) is 29.2. The van der Waals surface area contributed by atoms with Gasteiger partial charge in [0.05, 0.1) is 38.6 Å². The Bertz CT molecular complexity index is 1800. The number of aliphatic hydroxyl groups excluding tert-OH is 11. The molecule has 1 amide bonds. The van der Waals surface area contributed by atoms with E-state index in [4.69, 9.17) is 28.4 Å². The van der Waals surface area contributed by atoms with Crippen LogP contribution < -0.4 is 5.32 Å². The van der Waals surface area contributed by atoms with Crippen LogP contribution in [0, 0.1) is 0 Å². The minimum atomic E-state index is -1.98. The zero-order valence-electron chi connectivity index (χ0n) is 61.3. The van der Waals surface area contributed by atoms with Gasteiger partial charge in [0.2, 0.25) is 5.91 Å². The van der Waals surface area contributed by atoms with Gasteiger partial charge in [-0.1, -0.05) is 334 Å². The highest BCUT2D eigenvalue weighted by molar-refractivity contribution is 5.76. The topological polar surface area (TPSA) is 307 Å². The SMILES string of the molecule is CCCCCCCCCCCCCCCCCCC/C=C/C(O)C(COC1OC(CO)C(OC2OC(CO)C(OC3OC(CO)C(O)C(O)C3O)C(O)C2O)C(O)C1O)NC(=O)CCCCCCCCCCCCCCCCCCCCCCCCCCCCCCCCCCC. The summed E-state index contributed by atoms with van der Waals surface area (Å²) in [4.78, 5) is 13.5. The lowest BCUT2D eigenvalue weighted by atomic mass is 9.96. The normalized spacial score (nSPS) is 26.9. The minimum Gasteiger partial charge on any atom is -0.394 e. The molecule has 3 heterocycles. The van der Waals surface area contributed by atoms with Crippen molar-refractivity contribution < 1.29 is 89.4 Å². The summed E-state index contributed by atoms with van der Waals surface area (Å²) in [5.74, 6) is -0.267. The first-order valence-corrected chi connectivity index (χ1v) is 40.4. The Balaban J connectivity index is 1.34. The van der Waals surface area contributed by atoms with Crippen LogP contribution in [-0.2, 0) is 33.2 Å². The molecule has 574 valence electrons. The molecule has 0 aromatic rings. The number of allylic oxidation sites excluding steroid dienone is 1. The first-order valence-electron chi connectivity index (χ1n) is 40.4. The average molecular weight is 1390 g/mol. The molecule has 19 heteroatoms. The number of rotatable bonds is 65. The zero-order valence-corrected chi connectivity index (χ0v) is 61.3. The summed E-state index contributed by atoms with van der Waals surface area (Å²) in [6.07, 6.45) is 43.5. The molecule has 0 saturated carbocycles. The van der Waals surface area contributed by atoms with Crippen LogP contribution in [0.15, 0.2) is 12.2 Å². The molecule has 19 nitrogen and oxygen atoms in total. The quantitative estimate of drug-likeness (QED) is 0.0199. The summed E-state index contributed by atoms with van der Waals surface area (Å²) in [5.41, 5.74) is 0. The van der Waals surface area contributed by atoms with Crippen LogP contribution in [0.1, 0.15) is 348 Å². The van der Waals surface area contributed by atoms with Crippen LogP contribution in [0.25, 0.3) is 0 Å². The predicted molar refractivity (Wildman–Crippen MR) is 383 cm³/mol. The van der Waals surface area contributed by atoms with E-state index in [0.717, 1.165) is 44.9 Å². The maximum absolute atomic E-state index is 13.5. The third-order valence-corrected chi connectivity index (χ3v) is 20.6. The number of nitrogens with one attached hydrogen (secondary N) is 1. The number of hydrogen-bond acceptors (Lipinski definition) is 18. The molecule has 3 aliphatic rings. The lowest BCUT2D eigenvalue weighted by Crippen LogP contribution is -2.66. The van der Waals surface area contributed by atoms with Gasteiger partial charge < -0.3 is 89.9 Å². The van der Waals surface area contributed by atoms with Crippen molar-refractivity contribution >= 4 is 5.91 Å². The summed E-state index contributed by atoms with van der Waals surface area (Å²) in [7, 11) is 0. The van der Waals surface area contributed by atoms with Crippen LogP contribution >= 0.6 is 0 Å². The summed E-state index contributed by atoms with van der Waals surface area (Å²) >= 11 is 0. The van der Waals surface area contributed by atoms with Crippen molar-refractivity contribution in [3.8, 4) is 0 Å². The summed E-state index contributed by atoms with van der Waals surface area (Å²) < 4.78 is 34.4. The molecular weight excluding hydrogens is 1240 g/mol. The number of aliphatic hydroxyl groups is 11. The van der Waals surface area contributed by atoms with E-state index in [1.165, 1.54) is 276 Å². The van der Waals surface area contributed by atoms with Gasteiger partial charge in [0.1, 0.15) is 73.2 Å². The number of unbranched alkanes of at least 4 members (excludes halogenated alkanes) is 49. The van der Waals surface area contributed by atoms with Crippen molar-refractivity contribution in [1.82, 2.24) is 5.32 Å². The number of carbonyl (C=O) groups is 1. The molecular formula is C78H149NO18. The Morgan fingerprint density at radius 1 is 0.361 bits per heavy atom. The molecule has 17 unspecified atom stereocenters. The molecule has 3 rings (SSSR count). The van der Waals surface area contributed by atoms with E-state index in [1.807, 2.05) is 6.08 Å². The molecule has 3 aliphatic heterocycles. The molecule has 0 radical (unpaired) electrons. The summed E-state index contributed by atoms with van der Waals surface area (Å²) in [6.45, 7) is 1.80. The molecule has 0 aromatic heterocycles. The van der Waals surface area contributed by atoms with Gasteiger partial charge in [0.15, 0.2) is 18.9 Å². The molecule has 17 atom stereocenters. The first-order chi connectivity index (χ1) is 47.3. The summed E-state index contributed by atoms with van der Waals surface area (Å²) in [5, 5.41) is 121. The second kappa shape index (κ2) is 59.9. The zero-order chi connectivity index (χ0) is 70.4. The fraction of sp³-hybridized carbons (Fsp3) is 0.962. The van der Waals surface area contributed by atoms with Crippen molar-refractivity contribution in [2.75, 3.05) is 26.4 Å². The molecule has 0 spiro atoms. The van der Waals surface area contributed by atoms with Gasteiger partial charge in [-0.25, -0.2) is 0 Å². The standard InChI is InChI=1S/C78H149NO18/c1-3-5-7-9-11-13-15-17-19-21-23-24-25-26-27-28-29-30-31-32-33-34-35-36-38-40-42-44-46-48-50-52-54-56-66(84)79-61(62(83)55-53-51-49-47-45-43-41-39-37-22-20-18-16-14-12-10-8-6-4-2)60-92-76-72(90)69(87)74(64(58-81)94-76)97-78-73(91)70(88)75(65(59-82)95-78)96-77-71(89)68(86)67(85)63(57-80)93-77/h53,55,61-65,67-78,80-83,85-91H,3-52,54,56-60H2,1-2H3,(H,79,84)/b55-53+. The van der Waals surface area contributed by atoms with Gasteiger partial charge in [-0.3, -0.25) is 4.79 Å². The van der Waals surface area contributed by atoms with Crippen LogP contribution in [-0.4, -0.2) is 193 Å². The molecule has 0 aromatic carbocycles. The average Bonchev–Trinajstić information content (AvgIpc) is 0.789. The van der Waals surface area contributed by atoms with E-state index in [2.05, 4.69) is 19.2 Å². The Kier molecular flexibility index (Phi) is 55.4. The van der Waals surface area contributed by atoms with E-state index in [1.54, 1.807) is 6.08 Å². The molecule has 0 aliphatic carbocycles. The van der Waals surface area contributed by atoms with Gasteiger partial charge >= 0.3 is 0 Å². The Morgan fingerprint density at radius 3 is 0.969 bits per heavy atom. The monoisotopic (exact) mass is 1390 g/mol. The van der Waals surface area contributed by atoms with Crippen molar-refractivity contribution in [1.29, 1.82) is 0 Å². The van der Waals surface area contributed by atoms with Gasteiger partial charge in [-0.15, -0.1) is 0 Å². The lowest BCUT2D eigenvalue weighted by Gasteiger charge is -2.48. The molecule has 97 heavy (non-hydrogen) atoms. The molecule has 3 saturated heterocycles. The lowest BCUT2D eigenvalue weighted by molar-refractivity contribution is -0.379. The summed E-state index contributed by atoms with van der Waals surface area (Å²) in [6, 6.07) is -0.970. The van der Waals surface area contributed by atoms with Crippen LogP contribution in [0.5, 0.6) is 0 Å². The highest BCUT2D eigenvalue weighted by Gasteiger charge is 2.54. The third kappa shape index (κ3) is 40.4. The van der Waals surface area contributed by atoms with Gasteiger partial charge in [0, 0.05) is 6.42 Å². The van der Waals surface area contributed by atoms with E-state index in [0.29, 0.717) is 6.42 Å². The predicted octanol–water partition coefficient (Wildman–Crippen LogP) is 13.2. The van der Waals surface area contributed by atoms with Crippen molar-refractivity contribution in [2.24, 2.45) is 0 Å².